The fourth-order valence-corrected chi connectivity index (χ4v) is 2.08. The van der Waals surface area contributed by atoms with Crippen LogP contribution in [0, 0.1) is 17.0 Å². The van der Waals surface area contributed by atoms with Crippen LogP contribution in [-0.4, -0.2) is 23.0 Å². The van der Waals surface area contributed by atoms with E-state index in [1.54, 1.807) is 24.5 Å². The summed E-state index contributed by atoms with van der Waals surface area (Å²) in [5, 5.41) is 14.4. The molecular formula is C17H17N3O4. The van der Waals surface area contributed by atoms with Crippen molar-refractivity contribution in [3.05, 3.63) is 69.5 Å². The Labute approximate surface area is 139 Å². The summed E-state index contributed by atoms with van der Waals surface area (Å²) in [7, 11) is 1.27. The van der Waals surface area contributed by atoms with E-state index in [1.807, 2.05) is 13.0 Å². The third kappa shape index (κ3) is 4.39. The van der Waals surface area contributed by atoms with Gasteiger partial charge in [0, 0.05) is 31.1 Å². The van der Waals surface area contributed by atoms with Gasteiger partial charge in [-0.3, -0.25) is 15.1 Å². The first-order valence-electron chi connectivity index (χ1n) is 7.19. The molecule has 0 aliphatic heterocycles. The second-order valence-electron chi connectivity index (χ2n) is 5.05. The number of aromatic nitrogens is 1. The summed E-state index contributed by atoms with van der Waals surface area (Å²) in [6.07, 6.45) is 6.10. The fraction of sp³-hybridized carbons (Fsp3) is 0.176. The van der Waals surface area contributed by atoms with Crippen molar-refractivity contribution in [3.63, 3.8) is 0 Å². The minimum absolute atomic E-state index is 0.0614. The molecule has 1 N–H and O–H groups in total. The first kappa shape index (κ1) is 17.1. The van der Waals surface area contributed by atoms with E-state index in [9.17, 15) is 14.9 Å². The molecule has 0 aliphatic carbocycles. The number of nitrogens with zero attached hydrogens (tertiary/aromatic N) is 2. The van der Waals surface area contributed by atoms with Crippen LogP contribution in [0.5, 0.6) is 0 Å². The quantitative estimate of drug-likeness (QED) is 0.379. The van der Waals surface area contributed by atoms with E-state index in [0.717, 1.165) is 11.1 Å². The summed E-state index contributed by atoms with van der Waals surface area (Å²) in [4.78, 5) is 25.9. The Hall–Kier alpha value is -3.22. The molecular weight excluding hydrogens is 310 g/mol. The normalized spacial score (nSPS) is 10.6. The van der Waals surface area contributed by atoms with Gasteiger partial charge in [0.05, 0.1) is 12.0 Å². The number of benzene rings is 1. The zero-order valence-corrected chi connectivity index (χ0v) is 13.4. The third-order valence-electron chi connectivity index (χ3n) is 3.44. The van der Waals surface area contributed by atoms with Crippen molar-refractivity contribution >= 4 is 23.4 Å². The van der Waals surface area contributed by atoms with Gasteiger partial charge in [-0.15, -0.1) is 0 Å². The maximum absolute atomic E-state index is 11.3. The van der Waals surface area contributed by atoms with E-state index >= 15 is 0 Å². The third-order valence-corrected chi connectivity index (χ3v) is 3.44. The second-order valence-corrected chi connectivity index (χ2v) is 5.05. The molecule has 0 radical (unpaired) electrons. The first-order valence-corrected chi connectivity index (χ1v) is 7.19. The molecule has 2 rings (SSSR count). The van der Waals surface area contributed by atoms with Crippen LogP contribution >= 0.6 is 0 Å². The first-order chi connectivity index (χ1) is 11.5. The van der Waals surface area contributed by atoms with Crippen LogP contribution in [0.15, 0.2) is 42.7 Å². The maximum atomic E-state index is 11.3. The molecule has 0 saturated carbocycles. The Morgan fingerprint density at radius 1 is 1.42 bits per heavy atom. The summed E-state index contributed by atoms with van der Waals surface area (Å²) in [5.41, 5.74) is 2.90. The van der Waals surface area contributed by atoms with Crippen molar-refractivity contribution in [2.24, 2.45) is 0 Å². The Morgan fingerprint density at radius 3 is 2.88 bits per heavy atom. The van der Waals surface area contributed by atoms with Crippen LogP contribution in [-0.2, 0) is 16.1 Å². The molecule has 7 heteroatoms. The molecule has 0 amide bonds. The van der Waals surface area contributed by atoms with Crippen molar-refractivity contribution in [3.8, 4) is 0 Å². The number of hydrogen-bond acceptors (Lipinski definition) is 6. The van der Waals surface area contributed by atoms with Gasteiger partial charge in [0.1, 0.15) is 5.69 Å². The Kier molecular flexibility index (Phi) is 5.62. The minimum Gasteiger partial charge on any atom is -0.466 e. The highest BCUT2D eigenvalue weighted by Crippen LogP contribution is 2.27. The average molecular weight is 327 g/mol. The Balaban J connectivity index is 2.21. The van der Waals surface area contributed by atoms with E-state index in [4.69, 9.17) is 0 Å². The smallest absolute Gasteiger partial charge is 0.330 e. The lowest BCUT2D eigenvalue weighted by atomic mass is 10.1. The Morgan fingerprint density at radius 2 is 2.21 bits per heavy atom. The van der Waals surface area contributed by atoms with Crippen molar-refractivity contribution in [2.45, 2.75) is 13.5 Å². The van der Waals surface area contributed by atoms with E-state index in [1.165, 1.54) is 25.3 Å². The summed E-state index contributed by atoms with van der Waals surface area (Å²) in [6, 6.07) is 6.57. The molecule has 0 fully saturated rings. The number of carbonyl (C=O) groups excluding carboxylic acids is 1. The van der Waals surface area contributed by atoms with Gasteiger partial charge in [0.25, 0.3) is 5.69 Å². The van der Waals surface area contributed by atoms with E-state index in [0.29, 0.717) is 17.8 Å². The second kappa shape index (κ2) is 7.87. The van der Waals surface area contributed by atoms with Crippen LogP contribution in [0.2, 0.25) is 0 Å². The largest absolute Gasteiger partial charge is 0.466 e. The molecule has 0 atom stereocenters. The monoisotopic (exact) mass is 327 g/mol. The molecule has 0 aliphatic rings. The number of hydrogen-bond donors (Lipinski definition) is 1. The molecule has 124 valence electrons. The van der Waals surface area contributed by atoms with E-state index < -0.39 is 10.9 Å². The SMILES string of the molecule is COC(=O)/C=C/c1ccc(NCc2ccncc2C)c([N+](=O)[O-])c1. The van der Waals surface area contributed by atoms with Crippen molar-refractivity contribution in [2.75, 3.05) is 12.4 Å². The minimum atomic E-state index is -0.520. The number of rotatable bonds is 6. The highest BCUT2D eigenvalue weighted by Gasteiger charge is 2.14. The predicted molar refractivity (Wildman–Crippen MR) is 90.4 cm³/mol. The van der Waals surface area contributed by atoms with Gasteiger partial charge < -0.3 is 10.1 Å². The number of methoxy groups -OCH3 is 1. The number of anilines is 1. The van der Waals surface area contributed by atoms with Crippen LogP contribution in [0.1, 0.15) is 16.7 Å². The van der Waals surface area contributed by atoms with Gasteiger partial charge in [0.15, 0.2) is 0 Å². The fourth-order valence-electron chi connectivity index (χ4n) is 2.08. The zero-order chi connectivity index (χ0) is 17.5. The molecule has 0 bridgehead atoms. The molecule has 1 aromatic carbocycles. The molecule has 24 heavy (non-hydrogen) atoms. The van der Waals surface area contributed by atoms with E-state index in [2.05, 4.69) is 15.0 Å². The standard InChI is InChI=1S/C17H17N3O4/c1-12-10-18-8-7-14(12)11-19-15-5-3-13(4-6-17(21)24-2)9-16(15)20(22)23/h3-10,19H,11H2,1-2H3/b6-4+. The lowest BCUT2D eigenvalue weighted by Gasteiger charge is -2.09. The number of ether oxygens (including phenoxy) is 1. The molecule has 7 nitrogen and oxygen atoms in total. The molecule has 2 aromatic rings. The van der Waals surface area contributed by atoms with Gasteiger partial charge in [-0.1, -0.05) is 6.07 Å². The number of carbonyl (C=O) groups is 1. The highest BCUT2D eigenvalue weighted by atomic mass is 16.6. The van der Waals surface area contributed by atoms with Gasteiger partial charge in [-0.05, 0) is 41.8 Å². The summed E-state index contributed by atoms with van der Waals surface area (Å²) in [5.74, 6) is -0.520. The molecule has 0 spiro atoms. The predicted octanol–water partition coefficient (Wildman–Crippen LogP) is 3.10. The Bertz CT molecular complexity index is 787. The number of pyridine rings is 1. The van der Waals surface area contributed by atoms with Crippen molar-refractivity contribution in [1.29, 1.82) is 0 Å². The van der Waals surface area contributed by atoms with Gasteiger partial charge in [-0.2, -0.15) is 0 Å². The number of nitro benzene ring substituents is 1. The summed E-state index contributed by atoms with van der Waals surface area (Å²) < 4.78 is 4.50. The average Bonchev–Trinajstić information content (AvgIpc) is 2.59. The summed E-state index contributed by atoms with van der Waals surface area (Å²) in [6.45, 7) is 2.38. The number of esters is 1. The van der Waals surface area contributed by atoms with Crippen molar-refractivity contribution in [1.82, 2.24) is 4.98 Å². The number of nitrogens with one attached hydrogen (secondary N) is 1. The maximum Gasteiger partial charge on any atom is 0.330 e. The highest BCUT2D eigenvalue weighted by molar-refractivity contribution is 5.87. The number of aryl methyl sites for hydroxylation is 1. The van der Waals surface area contributed by atoms with E-state index in [-0.39, 0.29) is 5.69 Å². The van der Waals surface area contributed by atoms with Gasteiger partial charge in [0.2, 0.25) is 0 Å². The van der Waals surface area contributed by atoms with Crippen LogP contribution in [0.4, 0.5) is 11.4 Å². The van der Waals surface area contributed by atoms with Crippen LogP contribution in [0.3, 0.4) is 0 Å². The van der Waals surface area contributed by atoms with Crippen LogP contribution in [0.25, 0.3) is 6.08 Å². The summed E-state index contributed by atoms with van der Waals surface area (Å²) >= 11 is 0. The molecule has 0 unspecified atom stereocenters. The van der Waals surface area contributed by atoms with Gasteiger partial charge in [-0.25, -0.2) is 4.79 Å². The molecule has 0 saturated heterocycles. The zero-order valence-electron chi connectivity index (χ0n) is 13.4. The molecule has 1 heterocycles. The molecule has 1 aromatic heterocycles. The van der Waals surface area contributed by atoms with Crippen molar-refractivity contribution < 1.29 is 14.5 Å². The topological polar surface area (TPSA) is 94.4 Å². The van der Waals surface area contributed by atoms with Gasteiger partial charge >= 0.3 is 5.97 Å². The lowest BCUT2D eigenvalue weighted by Crippen LogP contribution is -2.04. The lowest BCUT2D eigenvalue weighted by molar-refractivity contribution is -0.384. The number of nitro groups is 1. The van der Waals surface area contributed by atoms with Crippen LogP contribution < -0.4 is 5.32 Å².